The second-order valence-electron chi connectivity index (χ2n) is 3.74. The normalized spacial score (nSPS) is 10.3. The lowest BCUT2D eigenvalue weighted by Crippen LogP contribution is -1.91. The molecule has 6 heteroatoms. The van der Waals surface area contributed by atoms with Crippen LogP contribution in [0.2, 0.25) is 20.2 Å². The molecule has 2 aromatic rings. The molecule has 0 amide bonds. The first kappa shape index (κ1) is 14.4. The van der Waals surface area contributed by atoms with E-state index in [-0.39, 0.29) is 6.42 Å². The number of aromatic nitrogens is 1. The molecule has 19 heavy (non-hydrogen) atoms. The Morgan fingerprint density at radius 2 is 1.68 bits per heavy atom. The van der Waals surface area contributed by atoms with Gasteiger partial charge < -0.3 is 0 Å². The Morgan fingerprint density at radius 1 is 1.05 bits per heavy atom. The Morgan fingerprint density at radius 3 is 2.21 bits per heavy atom. The smallest absolute Gasteiger partial charge is 0.133 e. The van der Waals surface area contributed by atoms with E-state index in [0.717, 1.165) is 0 Å². The first-order chi connectivity index (χ1) is 9.02. The molecule has 0 saturated carbocycles. The van der Waals surface area contributed by atoms with E-state index in [1.807, 2.05) is 6.07 Å². The number of hydrogen-bond acceptors (Lipinski definition) is 2. The molecule has 0 spiro atoms. The summed E-state index contributed by atoms with van der Waals surface area (Å²) in [6.07, 6.45) is 0.217. The van der Waals surface area contributed by atoms with Gasteiger partial charge in [-0.2, -0.15) is 5.26 Å². The molecule has 0 unspecified atom stereocenters. The molecule has 96 valence electrons. The molecule has 0 aliphatic carbocycles. The van der Waals surface area contributed by atoms with Crippen LogP contribution in [-0.2, 0) is 6.42 Å². The standard InChI is InChI=1S/C13H6Cl4N2/c14-9-5-8(6-10(15)12(9)16)11-2-1-7(3-4-18)13(17)19-11/h1-2,5-6H,3H2. The number of rotatable bonds is 2. The molecular weight excluding hydrogens is 326 g/mol. The van der Waals surface area contributed by atoms with Crippen LogP contribution < -0.4 is 0 Å². The van der Waals surface area contributed by atoms with Crippen molar-refractivity contribution in [2.75, 3.05) is 0 Å². The molecule has 0 fully saturated rings. The zero-order chi connectivity index (χ0) is 14.0. The van der Waals surface area contributed by atoms with Crippen LogP contribution >= 0.6 is 46.4 Å². The van der Waals surface area contributed by atoms with Crippen LogP contribution in [0.5, 0.6) is 0 Å². The van der Waals surface area contributed by atoms with Gasteiger partial charge in [-0.25, -0.2) is 4.98 Å². The van der Waals surface area contributed by atoms with E-state index in [4.69, 9.17) is 51.7 Å². The average Bonchev–Trinajstić information content (AvgIpc) is 2.38. The maximum absolute atomic E-state index is 8.65. The first-order valence-electron chi connectivity index (χ1n) is 5.20. The van der Waals surface area contributed by atoms with Crippen molar-refractivity contribution in [2.24, 2.45) is 0 Å². The van der Waals surface area contributed by atoms with E-state index in [0.29, 0.717) is 37.0 Å². The quantitative estimate of drug-likeness (QED) is 0.543. The van der Waals surface area contributed by atoms with E-state index in [2.05, 4.69) is 4.98 Å². The molecule has 1 heterocycles. The Balaban J connectivity index is 2.49. The number of halogens is 4. The fraction of sp³-hybridized carbons (Fsp3) is 0.0769. The Bertz CT molecular complexity index is 654. The summed E-state index contributed by atoms with van der Waals surface area (Å²) in [4.78, 5) is 4.23. The van der Waals surface area contributed by atoms with Crippen molar-refractivity contribution >= 4 is 46.4 Å². The summed E-state index contributed by atoms with van der Waals surface area (Å²) in [6.45, 7) is 0. The fourth-order valence-electron chi connectivity index (χ4n) is 1.54. The maximum atomic E-state index is 8.65. The molecular formula is C13H6Cl4N2. The van der Waals surface area contributed by atoms with E-state index < -0.39 is 0 Å². The lowest BCUT2D eigenvalue weighted by atomic mass is 10.1. The van der Waals surface area contributed by atoms with Gasteiger partial charge in [-0.15, -0.1) is 0 Å². The number of nitriles is 1. The van der Waals surface area contributed by atoms with E-state index in [9.17, 15) is 0 Å². The van der Waals surface area contributed by atoms with Gasteiger partial charge in [0.25, 0.3) is 0 Å². The Hall–Kier alpha value is -0.980. The molecule has 2 nitrogen and oxygen atoms in total. The molecule has 1 aromatic carbocycles. The zero-order valence-electron chi connectivity index (χ0n) is 9.42. The monoisotopic (exact) mass is 330 g/mol. The van der Waals surface area contributed by atoms with Gasteiger partial charge in [-0.1, -0.05) is 52.5 Å². The second-order valence-corrected chi connectivity index (χ2v) is 5.29. The highest BCUT2D eigenvalue weighted by Gasteiger charge is 2.10. The Labute approximate surface area is 130 Å². The summed E-state index contributed by atoms with van der Waals surface area (Å²) in [5.41, 5.74) is 2.01. The van der Waals surface area contributed by atoms with Crippen molar-refractivity contribution in [2.45, 2.75) is 6.42 Å². The molecule has 0 radical (unpaired) electrons. The van der Waals surface area contributed by atoms with Crippen LogP contribution in [0.25, 0.3) is 11.3 Å². The third kappa shape index (κ3) is 3.13. The van der Waals surface area contributed by atoms with Crippen molar-refractivity contribution in [3.8, 4) is 17.3 Å². The average molecular weight is 332 g/mol. The lowest BCUT2D eigenvalue weighted by Gasteiger charge is -2.07. The van der Waals surface area contributed by atoms with Crippen molar-refractivity contribution in [3.05, 3.63) is 50.0 Å². The summed E-state index contributed by atoms with van der Waals surface area (Å²) in [7, 11) is 0. The fourth-order valence-corrected chi connectivity index (χ4v) is 2.36. The van der Waals surface area contributed by atoms with Crippen molar-refractivity contribution in [1.29, 1.82) is 5.26 Å². The molecule has 0 bridgehead atoms. The van der Waals surface area contributed by atoms with Crippen LogP contribution in [-0.4, -0.2) is 4.98 Å². The largest absolute Gasteiger partial charge is 0.236 e. The van der Waals surface area contributed by atoms with Gasteiger partial charge >= 0.3 is 0 Å². The molecule has 0 aliphatic rings. The van der Waals surface area contributed by atoms with Crippen LogP contribution in [0, 0.1) is 11.3 Å². The topological polar surface area (TPSA) is 36.7 Å². The van der Waals surface area contributed by atoms with Crippen molar-refractivity contribution in [1.82, 2.24) is 4.98 Å². The third-order valence-electron chi connectivity index (χ3n) is 2.48. The Kier molecular flexibility index (Phi) is 4.54. The summed E-state index contributed by atoms with van der Waals surface area (Å²) >= 11 is 23.8. The lowest BCUT2D eigenvalue weighted by molar-refractivity contribution is 1.19. The van der Waals surface area contributed by atoms with E-state index in [1.165, 1.54) is 0 Å². The summed E-state index contributed by atoms with van der Waals surface area (Å²) < 4.78 is 0. The van der Waals surface area contributed by atoms with Gasteiger partial charge in [0.1, 0.15) is 5.15 Å². The van der Waals surface area contributed by atoms with Crippen LogP contribution in [0.3, 0.4) is 0 Å². The van der Waals surface area contributed by atoms with Crippen LogP contribution in [0.15, 0.2) is 24.3 Å². The maximum Gasteiger partial charge on any atom is 0.133 e. The van der Waals surface area contributed by atoms with Gasteiger partial charge in [0.15, 0.2) is 0 Å². The number of pyridine rings is 1. The van der Waals surface area contributed by atoms with Gasteiger partial charge in [-0.3, -0.25) is 0 Å². The summed E-state index contributed by atoms with van der Waals surface area (Å²) in [5, 5.41) is 9.95. The molecule has 0 saturated heterocycles. The predicted molar refractivity (Wildman–Crippen MR) is 79.0 cm³/mol. The molecule has 0 aliphatic heterocycles. The number of hydrogen-bond donors (Lipinski definition) is 0. The van der Waals surface area contributed by atoms with Crippen LogP contribution in [0.4, 0.5) is 0 Å². The highest BCUT2D eigenvalue weighted by Crippen LogP contribution is 2.35. The van der Waals surface area contributed by atoms with Crippen LogP contribution in [0.1, 0.15) is 5.56 Å². The second kappa shape index (κ2) is 5.98. The minimum Gasteiger partial charge on any atom is -0.236 e. The van der Waals surface area contributed by atoms with Gasteiger partial charge in [-0.05, 0) is 18.2 Å². The highest BCUT2D eigenvalue weighted by molar-refractivity contribution is 6.48. The SMILES string of the molecule is N#CCc1ccc(-c2cc(Cl)c(Cl)c(Cl)c2)nc1Cl. The van der Waals surface area contributed by atoms with Gasteiger partial charge in [0.05, 0.1) is 33.3 Å². The predicted octanol–water partition coefficient (Wildman–Crippen LogP) is 5.43. The number of nitrogens with zero attached hydrogens (tertiary/aromatic N) is 2. The molecule has 1 aromatic heterocycles. The molecule has 0 N–H and O–H groups in total. The third-order valence-corrected chi connectivity index (χ3v) is 4.00. The number of benzene rings is 1. The van der Waals surface area contributed by atoms with Gasteiger partial charge in [0.2, 0.25) is 0 Å². The zero-order valence-corrected chi connectivity index (χ0v) is 12.4. The summed E-state index contributed by atoms with van der Waals surface area (Å²) in [5.74, 6) is 0. The van der Waals surface area contributed by atoms with Crippen molar-refractivity contribution < 1.29 is 0 Å². The molecule has 0 atom stereocenters. The van der Waals surface area contributed by atoms with E-state index in [1.54, 1.807) is 24.3 Å². The minimum atomic E-state index is 0.217. The minimum absolute atomic E-state index is 0.217. The van der Waals surface area contributed by atoms with Gasteiger partial charge in [0, 0.05) is 11.1 Å². The first-order valence-corrected chi connectivity index (χ1v) is 6.71. The van der Waals surface area contributed by atoms with Crippen molar-refractivity contribution in [3.63, 3.8) is 0 Å². The molecule has 2 rings (SSSR count). The highest BCUT2D eigenvalue weighted by atomic mass is 35.5. The van der Waals surface area contributed by atoms with E-state index >= 15 is 0 Å². The summed E-state index contributed by atoms with van der Waals surface area (Å²) in [6, 6.07) is 8.87.